The highest BCUT2D eigenvalue weighted by Gasteiger charge is 2.28. The van der Waals surface area contributed by atoms with Crippen molar-refractivity contribution in [3.05, 3.63) is 23.9 Å². The predicted octanol–water partition coefficient (Wildman–Crippen LogP) is 1.13. The molecule has 0 aliphatic carbocycles. The number of nitrogens with two attached hydrogens (primary N) is 1. The minimum absolute atomic E-state index is 0.227. The van der Waals surface area contributed by atoms with Crippen LogP contribution in [0.2, 0.25) is 0 Å². The van der Waals surface area contributed by atoms with Gasteiger partial charge in [0.2, 0.25) is 5.91 Å². The molecule has 1 amide bonds. The van der Waals surface area contributed by atoms with E-state index >= 15 is 0 Å². The molecule has 0 saturated carbocycles. The summed E-state index contributed by atoms with van der Waals surface area (Å²) in [4.78, 5) is 17.9. The van der Waals surface area contributed by atoms with Crippen molar-refractivity contribution in [1.82, 2.24) is 9.88 Å². The number of nitrogens with one attached hydrogen (secondary N) is 1. The second-order valence-electron chi connectivity index (χ2n) is 4.41. The summed E-state index contributed by atoms with van der Waals surface area (Å²) in [5, 5.41) is 0. The van der Waals surface area contributed by atoms with Crippen molar-refractivity contribution in [2.75, 3.05) is 12.0 Å². The van der Waals surface area contributed by atoms with Crippen LogP contribution < -0.4 is 11.3 Å². The third kappa shape index (κ3) is 2.74. The lowest BCUT2D eigenvalue weighted by atomic mass is 10.1. The zero-order valence-electron chi connectivity index (χ0n) is 10.0. The van der Waals surface area contributed by atoms with E-state index in [2.05, 4.69) is 17.3 Å². The Labute approximate surface area is 101 Å². The van der Waals surface area contributed by atoms with Crippen LogP contribution in [0.15, 0.2) is 18.2 Å². The summed E-state index contributed by atoms with van der Waals surface area (Å²) in [6.07, 6.45) is 1.73. The van der Waals surface area contributed by atoms with Gasteiger partial charge in [-0.1, -0.05) is 19.4 Å². The van der Waals surface area contributed by atoms with Gasteiger partial charge in [0.1, 0.15) is 5.82 Å². The van der Waals surface area contributed by atoms with Gasteiger partial charge in [0.15, 0.2) is 0 Å². The molecule has 2 rings (SSSR count). The lowest BCUT2D eigenvalue weighted by Crippen LogP contribution is -2.25. The third-order valence-corrected chi connectivity index (χ3v) is 3.18. The molecule has 3 N–H and O–H groups in total. The number of pyridine rings is 1. The van der Waals surface area contributed by atoms with Crippen molar-refractivity contribution in [3.63, 3.8) is 0 Å². The topological polar surface area (TPSA) is 71.2 Å². The first kappa shape index (κ1) is 11.9. The van der Waals surface area contributed by atoms with Crippen LogP contribution in [0.1, 0.15) is 25.5 Å². The van der Waals surface area contributed by atoms with Crippen LogP contribution in [0.5, 0.6) is 0 Å². The lowest BCUT2D eigenvalue weighted by molar-refractivity contribution is -0.128. The minimum Gasteiger partial charge on any atom is -0.336 e. The number of hydrogen-bond acceptors (Lipinski definition) is 4. The summed E-state index contributed by atoms with van der Waals surface area (Å²) in [6.45, 7) is 3.54. The van der Waals surface area contributed by atoms with Crippen molar-refractivity contribution in [2.24, 2.45) is 11.8 Å². The van der Waals surface area contributed by atoms with E-state index in [4.69, 9.17) is 5.84 Å². The third-order valence-electron chi connectivity index (χ3n) is 3.18. The molecule has 1 aromatic rings. The van der Waals surface area contributed by atoms with Crippen LogP contribution >= 0.6 is 0 Å². The standard InChI is InChI=1S/C12H18N4O/c1-2-9-6-12(17)16(7-9)8-10-4-3-5-11(14-10)15-13/h3-5,9H,2,6-8,13H2,1H3,(H,14,15). The van der Waals surface area contributed by atoms with Crippen molar-refractivity contribution < 1.29 is 4.79 Å². The fraction of sp³-hybridized carbons (Fsp3) is 0.500. The molecule has 5 heteroatoms. The average molecular weight is 234 g/mol. The average Bonchev–Trinajstić information content (AvgIpc) is 2.70. The Morgan fingerprint density at radius 3 is 3.06 bits per heavy atom. The van der Waals surface area contributed by atoms with Gasteiger partial charge < -0.3 is 10.3 Å². The maximum atomic E-state index is 11.8. The van der Waals surface area contributed by atoms with Gasteiger partial charge >= 0.3 is 0 Å². The second kappa shape index (κ2) is 5.14. The summed E-state index contributed by atoms with van der Waals surface area (Å²) in [5.74, 6) is 6.66. The van der Waals surface area contributed by atoms with Gasteiger partial charge in [-0.15, -0.1) is 0 Å². The zero-order chi connectivity index (χ0) is 12.3. The van der Waals surface area contributed by atoms with Crippen LogP contribution in [0, 0.1) is 5.92 Å². The van der Waals surface area contributed by atoms with Crippen molar-refractivity contribution >= 4 is 11.7 Å². The summed E-state index contributed by atoms with van der Waals surface area (Å²) >= 11 is 0. The van der Waals surface area contributed by atoms with Crippen molar-refractivity contribution in [1.29, 1.82) is 0 Å². The number of hydrazine groups is 1. The molecule has 0 radical (unpaired) electrons. The maximum Gasteiger partial charge on any atom is 0.223 e. The van der Waals surface area contributed by atoms with Crippen LogP contribution in [0.25, 0.3) is 0 Å². The van der Waals surface area contributed by atoms with Crippen LogP contribution in [0.4, 0.5) is 5.82 Å². The molecule has 1 atom stereocenters. The normalized spacial score (nSPS) is 19.8. The van der Waals surface area contributed by atoms with Gasteiger partial charge in [-0.05, 0) is 18.1 Å². The molecule has 0 aromatic carbocycles. The molecule has 0 bridgehead atoms. The molecule has 5 nitrogen and oxygen atoms in total. The van der Waals surface area contributed by atoms with Crippen LogP contribution in [-0.4, -0.2) is 22.3 Å². The monoisotopic (exact) mass is 234 g/mol. The highest BCUT2D eigenvalue weighted by molar-refractivity contribution is 5.78. The summed E-state index contributed by atoms with van der Waals surface area (Å²) < 4.78 is 0. The van der Waals surface area contributed by atoms with E-state index in [0.29, 0.717) is 24.7 Å². The molecule has 92 valence electrons. The highest BCUT2D eigenvalue weighted by atomic mass is 16.2. The van der Waals surface area contributed by atoms with Gasteiger partial charge in [0, 0.05) is 13.0 Å². The van der Waals surface area contributed by atoms with Crippen molar-refractivity contribution in [3.8, 4) is 0 Å². The number of carbonyl (C=O) groups excluding carboxylic acids is 1. The van der Waals surface area contributed by atoms with Gasteiger partial charge in [0.05, 0.1) is 12.2 Å². The van der Waals surface area contributed by atoms with E-state index in [9.17, 15) is 4.79 Å². The number of hydrogen-bond donors (Lipinski definition) is 2. The fourth-order valence-electron chi connectivity index (χ4n) is 2.12. The Kier molecular flexibility index (Phi) is 3.58. The largest absolute Gasteiger partial charge is 0.336 e. The fourth-order valence-corrected chi connectivity index (χ4v) is 2.12. The van der Waals surface area contributed by atoms with Gasteiger partial charge in [-0.3, -0.25) is 4.79 Å². The Morgan fingerprint density at radius 2 is 2.41 bits per heavy atom. The van der Waals surface area contributed by atoms with Gasteiger partial charge in [-0.2, -0.15) is 0 Å². The van der Waals surface area contributed by atoms with Crippen LogP contribution in [0.3, 0.4) is 0 Å². The first-order valence-corrected chi connectivity index (χ1v) is 5.93. The lowest BCUT2D eigenvalue weighted by Gasteiger charge is -2.16. The Bertz CT molecular complexity index is 407. The molecular formula is C12H18N4O. The first-order chi connectivity index (χ1) is 8.22. The summed E-state index contributed by atoms with van der Waals surface area (Å²) in [7, 11) is 0. The molecule has 1 aliphatic heterocycles. The molecular weight excluding hydrogens is 216 g/mol. The number of aromatic nitrogens is 1. The molecule has 1 aromatic heterocycles. The van der Waals surface area contributed by atoms with Gasteiger partial charge in [-0.25, -0.2) is 10.8 Å². The van der Waals surface area contributed by atoms with E-state index in [1.165, 1.54) is 0 Å². The number of rotatable bonds is 4. The Morgan fingerprint density at radius 1 is 1.59 bits per heavy atom. The van der Waals surface area contributed by atoms with E-state index in [-0.39, 0.29) is 5.91 Å². The van der Waals surface area contributed by atoms with Gasteiger partial charge in [0.25, 0.3) is 0 Å². The van der Waals surface area contributed by atoms with E-state index in [1.54, 1.807) is 6.07 Å². The summed E-state index contributed by atoms with van der Waals surface area (Å²) in [6, 6.07) is 5.59. The number of anilines is 1. The number of amides is 1. The van der Waals surface area contributed by atoms with Crippen molar-refractivity contribution in [2.45, 2.75) is 26.3 Å². The van der Waals surface area contributed by atoms with E-state index < -0.39 is 0 Å². The molecule has 1 aliphatic rings. The SMILES string of the molecule is CCC1CC(=O)N(Cc2cccc(NN)n2)C1. The van der Waals surface area contributed by atoms with Crippen LogP contribution in [-0.2, 0) is 11.3 Å². The second-order valence-corrected chi connectivity index (χ2v) is 4.41. The molecule has 1 saturated heterocycles. The maximum absolute atomic E-state index is 11.8. The number of likely N-dealkylation sites (tertiary alicyclic amines) is 1. The Hall–Kier alpha value is -1.62. The quantitative estimate of drug-likeness (QED) is 0.605. The highest BCUT2D eigenvalue weighted by Crippen LogP contribution is 2.22. The molecule has 2 heterocycles. The molecule has 0 spiro atoms. The van der Waals surface area contributed by atoms with E-state index in [0.717, 1.165) is 18.7 Å². The van der Waals surface area contributed by atoms with E-state index in [1.807, 2.05) is 17.0 Å². The first-order valence-electron chi connectivity index (χ1n) is 5.93. The smallest absolute Gasteiger partial charge is 0.223 e. The number of nitrogen functional groups attached to an aromatic ring is 1. The molecule has 1 unspecified atom stereocenters. The molecule has 17 heavy (non-hydrogen) atoms. The zero-order valence-corrected chi connectivity index (χ0v) is 10.0. The minimum atomic E-state index is 0.227. The number of nitrogens with zero attached hydrogens (tertiary/aromatic N) is 2. The molecule has 1 fully saturated rings. The predicted molar refractivity (Wildman–Crippen MR) is 65.9 cm³/mol. The summed E-state index contributed by atoms with van der Waals surface area (Å²) in [5.41, 5.74) is 3.38. The Balaban J connectivity index is 2.03. The number of carbonyl (C=O) groups is 1.